The Morgan fingerprint density at radius 2 is 2.18 bits per heavy atom. The largest absolute Gasteiger partial charge is 0.381 e. The van der Waals surface area contributed by atoms with Gasteiger partial charge in [-0.25, -0.2) is 0 Å². The van der Waals surface area contributed by atoms with Crippen molar-refractivity contribution in [1.29, 1.82) is 0 Å². The first-order valence-corrected chi connectivity index (χ1v) is 8.19. The highest BCUT2D eigenvalue weighted by Crippen LogP contribution is 2.13. The summed E-state index contributed by atoms with van der Waals surface area (Å²) in [7, 11) is 3.93. The average molecular weight is 427 g/mol. The molecular formula is C16H34IN3O2. The number of hydrogen-bond donors (Lipinski definition) is 1. The molecule has 0 amide bonds. The van der Waals surface area contributed by atoms with Crippen LogP contribution >= 0.6 is 24.0 Å². The lowest BCUT2D eigenvalue weighted by molar-refractivity contribution is 0.0257. The zero-order valence-corrected chi connectivity index (χ0v) is 17.1. The van der Waals surface area contributed by atoms with Crippen molar-refractivity contribution in [2.75, 3.05) is 47.0 Å². The summed E-state index contributed by atoms with van der Waals surface area (Å²) in [5, 5.41) is 3.44. The Bertz CT molecular complexity index is 308. The van der Waals surface area contributed by atoms with Crippen molar-refractivity contribution in [3.8, 4) is 0 Å². The number of rotatable bonds is 8. The SMILES string of the molecule is CCOC(CCNC(=NC)N(C)CC1CCOC1)C(C)C.I. The van der Waals surface area contributed by atoms with E-state index in [4.69, 9.17) is 9.47 Å². The summed E-state index contributed by atoms with van der Waals surface area (Å²) in [4.78, 5) is 6.57. The second-order valence-corrected chi connectivity index (χ2v) is 6.11. The van der Waals surface area contributed by atoms with Crippen LogP contribution in [0.5, 0.6) is 0 Å². The van der Waals surface area contributed by atoms with Crippen molar-refractivity contribution in [2.45, 2.75) is 39.7 Å². The Morgan fingerprint density at radius 3 is 2.68 bits per heavy atom. The molecule has 0 saturated carbocycles. The van der Waals surface area contributed by atoms with Crippen molar-refractivity contribution in [1.82, 2.24) is 10.2 Å². The summed E-state index contributed by atoms with van der Waals surface area (Å²) < 4.78 is 11.2. The molecule has 22 heavy (non-hydrogen) atoms. The molecule has 0 aromatic heterocycles. The second kappa shape index (κ2) is 12.4. The van der Waals surface area contributed by atoms with Crippen LogP contribution in [0.1, 0.15) is 33.6 Å². The molecule has 0 spiro atoms. The molecule has 2 atom stereocenters. The normalized spacial score (nSPS) is 19.9. The Labute approximate surface area is 153 Å². The summed E-state index contributed by atoms with van der Waals surface area (Å²) in [6, 6.07) is 0. The molecule has 0 aliphatic carbocycles. The van der Waals surface area contributed by atoms with Crippen LogP contribution < -0.4 is 5.32 Å². The number of guanidine groups is 1. The molecule has 6 heteroatoms. The maximum Gasteiger partial charge on any atom is 0.193 e. The van der Waals surface area contributed by atoms with Gasteiger partial charge in [0.2, 0.25) is 0 Å². The van der Waals surface area contributed by atoms with Crippen LogP contribution in [0.4, 0.5) is 0 Å². The molecule has 0 aromatic carbocycles. The van der Waals surface area contributed by atoms with E-state index in [0.717, 1.165) is 51.7 Å². The van der Waals surface area contributed by atoms with Gasteiger partial charge in [-0.15, -0.1) is 24.0 Å². The smallest absolute Gasteiger partial charge is 0.193 e. The third-order valence-corrected chi connectivity index (χ3v) is 3.97. The van der Waals surface area contributed by atoms with E-state index in [0.29, 0.717) is 17.9 Å². The van der Waals surface area contributed by atoms with Crippen LogP contribution in [0, 0.1) is 11.8 Å². The van der Waals surface area contributed by atoms with Gasteiger partial charge in [-0.05, 0) is 25.7 Å². The molecule has 5 nitrogen and oxygen atoms in total. The van der Waals surface area contributed by atoms with Gasteiger partial charge in [0, 0.05) is 46.3 Å². The fraction of sp³-hybridized carbons (Fsp3) is 0.938. The van der Waals surface area contributed by atoms with E-state index in [1.807, 2.05) is 7.05 Å². The molecule has 0 aromatic rings. The van der Waals surface area contributed by atoms with Crippen LogP contribution in [-0.4, -0.2) is 64.0 Å². The Hall–Kier alpha value is -0.0800. The maximum atomic E-state index is 5.78. The predicted octanol–water partition coefficient (Wildman–Crippen LogP) is 2.60. The number of halogens is 1. The van der Waals surface area contributed by atoms with Gasteiger partial charge in [0.15, 0.2) is 5.96 Å². The number of nitrogens with zero attached hydrogens (tertiary/aromatic N) is 2. The van der Waals surface area contributed by atoms with E-state index < -0.39 is 0 Å². The van der Waals surface area contributed by atoms with Crippen molar-refractivity contribution in [3.63, 3.8) is 0 Å². The standard InChI is InChI=1S/C16H33N3O2.HI/c1-6-21-15(13(2)3)7-9-18-16(17-4)19(5)11-14-8-10-20-12-14;/h13-15H,6-12H2,1-5H3,(H,17,18);1H. The monoisotopic (exact) mass is 427 g/mol. The molecule has 1 heterocycles. The zero-order chi connectivity index (χ0) is 15.7. The van der Waals surface area contributed by atoms with Crippen LogP contribution in [0.3, 0.4) is 0 Å². The molecule has 0 bridgehead atoms. The van der Waals surface area contributed by atoms with Crippen LogP contribution in [0.25, 0.3) is 0 Å². The zero-order valence-electron chi connectivity index (χ0n) is 14.8. The van der Waals surface area contributed by atoms with E-state index in [9.17, 15) is 0 Å². The fourth-order valence-electron chi connectivity index (χ4n) is 2.74. The average Bonchev–Trinajstić information content (AvgIpc) is 2.94. The number of ether oxygens (including phenoxy) is 2. The van der Waals surface area contributed by atoms with Gasteiger partial charge in [-0.2, -0.15) is 0 Å². The minimum Gasteiger partial charge on any atom is -0.381 e. The van der Waals surface area contributed by atoms with Gasteiger partial charge in [-0.1, -0.05) is 13.8 Å². The molecule has 0 radical (unpaired) electrons. The summed E-state index contributed by atoms with van der Waals surface area (Å²) in [6.45, 7) is 10.9. The summed E-state index contributed by atoms with van der Waals surface area (Å²) >= 11 is 0. The first kappa shape index (κ1) is 21.9. The molecule has 2 unspecified atom stereocenters. The van der Waals surface area contributed by atoms with E-state index in [1.165, 1.54) is 0 Å². The Morgan fingerprint density at radius 1 is 1.45 bits per heavy atom. The molecule has 1 aliphatic rings. The topological polar surface area (TPSA) is 46.1 Å². The summed E-state index contributed by atoms with van der Waals surface area (Å²) in [5.74, 6) is 2.13. The van der Waals surface area contributed by atoms with Crippen molar-refractivity contribution >= 4 is 29.9 Å². The van der Waals surface area contributed by atoms with E-state index in [2.05, 4.69) is 43.0 Å². The van der Waals surface area contributed by atoms with Gasteiger partial charge >= 0.3 is 0 Å². The number of nitrogens with one attached hydrogen (secondary N) is 1. The van der Waals surface area contributed by atoms with Gasteiger partial charge in [0.1, 0.15) is 0 Å². The fourth-order valence-corrected chi connectivity index (χ4v) is 2.74. The van der Waals surface area contributed by atoms with Crippen molar-refractivity contribution in [3.05, 3.63) is 0 Å². The molecule has 1 saturated heterocycles. The maximum absolute atomic E-state index is 5.78. The van der Waals surface area contributed by atoms with Crippen molar-refractivity contribution in [2.24, 2.45) is 16.8 Å². The quantitative estimate of drug-likeness (QED) is 0.368. The molecule has 1 rings (SSSR count). The highest BCUT2D eigenvalue weighted by molar-refractivity contribution is 14.0. The summed E-state index contributed by atoms with van der Waals surface area (Å²) in [6.07, 6.45) is 2.47. The summed E-state index contributed by atoms with van der Waals surface area (Å²) in [5.41, 5.74) is 0. The molecule has 1 fully saturated rings. The van der Waals surface area contributed by atoms with Gasteiger partial charge < -0.3 is 19.7 Å². The second-order valence-electron chi connectivity index (χ2n) is 6.11. The van der Waals surface area contributed by atoms with Gasteiger partial charge in [0.05, 0.1) is 12.7 Å². The lowest BCUT2D eigenvalue weighted by Crippen LogP contribution is -2.42. The third kappa shape index (κ3) is 7.97. The van der Waals surface area contributed by atoms with Crippen LogP contribution in [0.15, 0.2) is 4.99 Å². The van der Waals surface area contributed by atoms with Gasteiger partial charge in [0.25, 0.3) is 0 Å². The minimum absolute atomic E-state index is 0. The Kier molecular flexibility index (Phi) is 12.3. The highest BCUT2D eigenvalue weighted by atomic mass is 127. The molecular weight excluding hydrogens is 393 g/mol. The first-order valence-electron chi connectivity index (χ1n) is 8.19. The minimum atomic E-state index is 0. The van der Waals surface area contributed by atoms with Gasteiger partial charge in [-0.3, -0.25) is 4.99 Å². The lowest BCUT2D eigenvalue weighted by atomic mass is 10.0. The number of aliphatic imine (C=N–C) groups is 1. The number of hydrogen-bond acceptors (Lipinski definition) is 3. The predicted molar refractivity (Wildman–Crippen MR) is 103 cm³/mol. The van der Waals surface area contributed by atoms with Crippen LogP contribution in [-0.2, 0) is 9.47 Å². The van der Waals surface area contributed by atoms with E-state index >= 15 is 0 Å². The first-order chi connectivity index (χ1) is 10.1. The Balaban J connectivity index is 0.00000441. The van der Waals surface area contributed by atoms with E-state index in [1.54, 1.807) is 0 Å². The third-order valence-electron chi connectivity index (χ3n) is 3.97. The van der Waals surface area contributed by atoms with E-state index in [-0.39, 0.29) is 24.0 Å². The molecule has 1 N–H and O–H groups in total. The lowest BCUT2D eigenvalue weighted by Gasteiger charge is -2.26. The molecule has 1 aliphatic heterocycles. The highest BCUT2D eigenvalue weighted by Gasteiger charge is 2.19. The van der Waals surface area contributed by atoms with Crippen LogP contribution in [0.2, 0.25) is 0 Å². The van der Waals surface area contributed by atoms with Crippen molar-refractivity contribution < 1.29 is 9.47 Å². The molecule has 132 valence electrons.